The fourth-order valence-electron chi connectivity index (χ4n) is 3.64. The van der Waals surface area contributed by atoms with Crippen LogP contribution >= 0.6 is 0 Å². The van der Waals surface area contributed by atoms with Gasteiger partial charge in [-0.15, -0.1) is 0 Å². The summed E-state index contributed by atoms with van der Waals surface area (Å²) in [4.78, 5) is 20.8. The molecule has 2 aromatic heterocycles. The van der Waals surface area contributed by atoms with Crippen LogP contribution in [0.4, 0.5) is 17.6 Å². The van der Waals surface area contributed by atoms with Gasteiger partial charge in [0.1, 0.15) is 5.69 Å². The van der Waals surface area contributed by atoms with Crippen LogP contribution < -0.4 is 4.74 Å². The van der Waals surface area contributed by atoms with Gasteiger partial charge in [-0.25, -0.2) is 9.37 Å². The average Bonchev–Trinajstić information content (AvgIpc) is 3.16. The van der Waals surface area contributed by atoms with Crippen LogP contribution in [-0.2, 0) is 11.0 Å². The van der Waals surface area contributed by atoms with E-state index in [0.29, 0.717) is 31.4 Å². The molecule has 9 heteroatoms. The number of carbonyl (C=O) groups is 1. The summed E-state index contributed by atoms with van der Waals surface area (Å²) >= 11 is 0. The van der Waals surface area contributed by atoms with Gasteiger partial charge in [-0.3, -0.25) is 4.79 Å². The molecule has 0 spiro atoms. The molecule has 1 aliphatic heterocycles. The number of amides is 1. The highest BCUT2D eigenvalue weighted by molar-refractivity contribution is 5.78. The van der Waals surface area contributed by atoms with Crippen LogP contribution in [0.3, 0.4) is 0 Å². The van der Waals surface area contributed by atoms with Gasteiger partial charge < -0.3 is 14.6 Å². The molecule has 4 rings (SSSR count). The molecule has 0 saturated carbocycles. The number of piperidine rings is 1. The zero-order valence-corrected chi connectivity index (χ0v) is 15.9. The molecule has 1 amide bonds. The second kappa shape index (κ2) is 7.97. The quantitative estimate of drug-likeness (QED) is 0.631. The first-order valence-corrected chi connectivity index (χ1v) is 9.53. The van der Waals surface area contributed by atoms with Gasteiger partial charge >= 0.3 is 6.18 Å². The molecule has 3 heterocycles. The number of aromatic nitrogens is 2. The molecule has 3 aromatic rings. The summed E-state index contributed by atoms with van der Waals surface area (Å²) in [7, 11) is 0. The van der Waals surface area contributed by atoms with Crippen molar-refractivity contribution in [1.29, 1.82) is 0 Å². The minimum Gasteiger partial charge on any atom is -0.481 e. The lowest BCUT2D eigenvalue weighted by Crippen LogP contribution is -2.40. The fourth-order valence-corrected chi connectivity index (χ4v) is 3.64. The molecule has 0 aliphatic carbocycles. The number of nitrogens with zero attached hydrogens (tertiary/aromatic N) is 2. The maximum atomic E-state index is 13.6. The van der Waals surface area contributed by atoms with E-state index >= 15 is 0 Å². The summed E-state index contributed by atoms with van der Waals surface area (Å²) in [6.45, 7) is 0.726. The summed E-state index contributed by atoms with van der Waals surface area (Å²) in [6.07, 6.45) is -3.17. The molecule has 0 unspecified atom stereocenters. The Kier molecular flexibility index (Phi) is 5.36. The fraction of sp³-hybridized carbons (Fsp3) is 0.333. The third-order valence-electron chi connectivity index (χ3n) is 5.26. The van der Waals surface area contributed by atoms with Gasteiger partial charge in [-0.2, -0.15) is 13.2 Å². The lowest BCUT2D eigenvalue weighted by molar-refractivity contribution is -0.141. The summed E-state index contributed by atoms with van der Waals surface area (Å²) in [6, 6.07) is 9.88. The third-order valence-corrected chi connectivity index (χ3v) is 5.26. The van der Waals surface area contributed by atoms with E-state index in [1.165, 1.54) is 24.3 Å². The predicted octanol–water partition coefficient (Wildman–Crippen LogP) is 4.51. The zero-order valence-electron chi connectivity index (χ0n) is 15.9. The Morgan fingerprint density at radius 1 is 1.17 bits per heavy atom. The number of carbonyl (C=O) groups excluding carboxylic acids is 1. The number of ether oxygens (including phenoxy) is 1. The van der Waals surface area contributed by atoms with Crippen molar-refractivity contribution in [2.24, 2.45) is 0 Å². The van der Waals surface area contributed by atoms with Crippen LogP contribution in [0.2, 0.25) is 0 Å². The maximum absolute atomic E-state index is 13.6. The van der Waals surface area contributed by atoms with Gasteiger partial charge in [-0.1, -0.05) is 12.1 Å². The smallest absolute Gasteiger partial charge is 0.433 e. The van der Waals surface area contributed by atoms with E-state index in [1.54, 1.807) is 17.0 Å². The number of hydrogen-bond donors (Lipinski definition) is 1. The SMILES string of the molecule is O=C(COc1ccccc1F)N1CCC(c2cc3nc(C(F)(F)F)ccc3[nH]2)CC1. The molecule has 1 N–H and O–H groups in total. The van der Waals surface area contributed by atoms with Gasteiger partial charge in [-0.05, 0) is 43.2 Å². The van der Waals surface area contributed by atoms with Crippen LogP contribution in [0, 0.1) is 5.82 Å². The molecule has 1 saturated heterocycles. The number of H-pyrrole nitrogens is 1. The van der Waals surface area contributed by atoms with Gasteiger partial charge in [0, 0.05) is 24.7 Å². The Labute approximate surface area is 169 Å². The monoisotopic (exact) mass is 421 g/mol. The number of pyridine rings is 1. The van der Waals surface area contributed by atoms with Crippen LogP contribution in [0.1, 0.15) is 30.1 Å². The van der Waals surface area contributed by atoms with E-state index in [4.69, 9.17) is 4.74 Å². The number of alkyl halides is 3. The predicted molar refractivity (Wildman–Crippen MR) is 102 cm³/mol. The molecule has 30 heavy (non-hydrogen) atoms. The Hall–Kier alpha value is -3.10. The van der Waals surface area contributed by atoms with E-state index in [-0.39, 0.29) is 29.7 Å². The van der Waals surface area contributed by atoms with Gasteiger partial charge in [0.25, 0.3) is 5.91 Å². The van der Waals surface area contributed by atoms with E-state index in [0.717, 1.165) is 11.8 Å². The zero-order chi connectivity index (χ0) is 21.3. The van der Waals surface area contributed by atoms with Crippen molar-refractivity contribution >= 4 is 16.9 Å². The Morgan fingerprint density at radius 2 is 1.90 bits per heavy atom. The Balaban J connectivity index is 1.36. The summed E-state index contributed by atoms with van der Waals surface area (Å²) in [5.41, 5.74) is 0.716. The largest absolute Gasteiger partial charge is 0.481 e. The van der Waals surface area contributed by atoms with Crippen molar-refractivity contribution in [3.05, 3.63) is 59.7 Å². The number of fused-ring (bicyclic) bond motifs is 1. The second-order valence-corrected chi connectivity index (χ2v) is 7.23. The highest BCUT2D eigenvalue weighted by Gasteiger charge is 2.33. The van der Waals surface area contributed by atoms with Crippen molar-refractivity contribution in [2.45, 2.75) is 24.9 Å². The molecule has 1 aliphatic rings. The maximum Gasteiger partial charge on any atom is 0.433 e. The third kappa shape index (κ3) is 4.24. The minimum atomic E-state index is -4.48. The number of halogens is 4. The highest BCUT2D eigenvalue weighted by Crippen LogP contribution is 2.32. The molecule has 0 radical (unpaired) electrons. The lowest BCUT2D eigenvalue weighted by atomic mass is 9.93. The van der Waals surface area contributed by atoms with Crippen LogP contribution in [0.25, 0.3) is 11.0 Å². The van der Waals surface area contributed by atoms with Crippen LogP contribution in [0.15, 0.2) is 42.5 Å². The van der Waals surface area contributed by atoms with E-state index in [2.05, 4.69) is 9.97 Å². The lowest BCUT2D eigenvalue weighted by Gasteiger charge is -2.31. The molecule has 5 nitrogen and oxygen atoms in total. The summed E-state index contributed by atoms with van der Waals surface area (Å²) in [5.74, 6) is -0.635. The first kappa shape index (κ1) is 20.2. The van der Waals surface area contributed by atoms with Crippen molar-refractivity contribution < 1.29 is 27.1 Å². The van der Waals surface area contributed by atoms with Crippen molar-refractivity contribution in [2.75, 3.05) is 19.7 Å². The van der Waals surface area contributed by atoms with Crippen molar-refractivity contribution in [1.82, 2.24) is 14.9 Å². The number of nitrogens with one attached hydrogen (secondary N) is 1. The average molecular weight is 421 g/mol. The topological polar surface area (TPSA) is 58.2 Å². The molecule has 158 valence electrons. The Morgan fingerprint density at radius 3 is 2.60 bits per heavy atom. The van der Waals surface area contributed by atoms with Crippen molar-refractivity contribution in [3.63, 3.8) is 0 Å². The van der Waals surface area contributed by atoms with Crippen LogP contribution in [0.5, 0.6) is 5.75 Å². The standard InChI is InChI=1S/C21H19F4N3O2/c22-14-3-1-2-4-18(14)30-12-20(29)28-9-7-13(8-10-28)16-11-17-15(26-16)5-6-19(27-17)21(23,24)25/h1-6,11,13,26H,7-10,12H2. The first-order valence-electron chi connectivity index (χ1n) is 9.53. The van der Waals surface area contributed by atoms with E-state index < -0.39 is 17.7 Å². The summed E-state index contributed by atoms with van der Waals surface area (Å²) < 4.78 is 57.4. The molecule has 1 fully saturated rings. The number of rotatable bonds is 4. The normalized spacial score (nSPS) is 15.5. The van der Waals surface area contributed by atoms with Gasteiger partial charge in [0.15, 0.2) is 18.2 Å². The number of aromatic amines is 1. The minimum absolute atomic E-state index is 0.0320. The highest BCUT2D eigenvalue weighted by atomic mass is 19.4. The number of para-hydroxylation sites is 1. The van der Waals surface area contributed by atoms with Gasteiger partial charge in [0.05, 0.1) is 11.0 Å². The molecule has 0 bridgehead atoms. The number of hydrogen-bond acceptors (Lipinski definition) is 3. The summed E-state index contributed by atoms with van der Waals surface area (Å²) in [5, 5.41) is 0. The van der Waals surface area contributed by atoms with E-state index in [9.17, 15) is 22.4 Å². The Bertz CT molecular complexity index is 1060. The molecule has 1 aromatic carbocycles. The number of likely N-dealkylation sites (tertiary alicyclic amines) is 1. The van der Waals surface area contributed by atoms with Crippen LogP contribution in [-0.4, -0.2) is 40.5 Å². The molecular formula is C21H19F4N3O2. The number of benzene rings is 1. The molecule has 0 atom stereocenters. The molecular weight excluding hydrogens is 402 g/mol. The first-order chi connectivity index (χ1) is 14.3. The van der Waals surface area contributed by atoms with E-state index in [1.807, 2.05) is 0 Å². The second-order valence-electron chi connectivity index (χ2n) is 7.23. The van der Waals surface area contributed by atoms with Crippen molar-refractivity contribution in [3.8, 4) is 5.75 Å². The van der Waals surface area contributed by atoms with Gasteiger partial charge in [0.2, 0.25) is 0 Å².